The molecule has 0 radical (unpaired) electrons. The van der Waals surface area contributed by atoms with Gasteiger partial charge in [-0.15, -0.1) is 0 Å². The van der Waals surface area contributed by atoms with Gasteiger partial charge in [0.1, 0.15) is 17.2 Å². The van der Waals surface area contributed by atoms with E-state index < -0.39 is 17.7 Å². The third-order valence-electron chi connectivity index (χ3n) is 7.72. The van der Waals surface area contributed by atoms with Crippen molar-refractivity contribution in [1.29, 1.82) is 0 Å². The number of carboxylic acid groups (broad SMARTS) is 1. The molecule has 1 N–H and O–H groups in total. The highest BCUT2D eigenvalue weighted by atomic mass is 19.4. The van der Waals surface area contributed by atoms with E-state index in [4.69, 9.17) is 9.26 Å². The lowest BCUT2D eigenvalue weighted by Crippen LogP contribution is -2.33. The van der Waals surface area contributed by atoms with Crippen LogP contribution in [0.1, 0.15) is 59.0 Å². The van der Waals surface area contributed by atoms with Gasteiger partial charge in [0, 0.05) is 59.7 Å². The molecule has 212 valence electrons. The standard InChI is InChI=1S/C30H27F3N4O4/c1-40-26-15-25(29(38)39)35-24-7-5-19(14-21(24)26)37-12-9-17(10-13-37)2-6-20-27(36-41-28(20)18-3-4-18)22-16-34-11-8-23(22)30(31,32)33/h2,5-8,11,14-18H,3-4,9-10,12-13H2,1H3,(H,38,39)/b6-2+. The Hall–Kier alpha value is -4.41. The molecule has 6 rings (SSSR count). The Balaban J connectivity index is 1.21. The Morgan fingerprint density at radius 2 is 1.93 bits per heavy atom. The van der Waals surface area contributed by atoms with Gasteiger partial charge in [0.2, 0.25) is 0 Å². The number of allylic oxidation sites excluding steroid dienone is 1. The number of alkyl halides is 3. The van der Waals surface area contributed by atoms with Crippen molar-refractivity contribution in [2.24, 2.45) is 5.92 Å². The first-order valence-corrected chi connectivity index (χ1v) is 13.4. The Labute approximate surface area is 233 Å². The quantitative estimate of drug-likeness (QED) is 0.261. The molecule has 1 saturated carbocycles. The van der Waals surface area contributed by atoms with Gasteiger partial charge in [-0.1, -0.05) is 17.3 Å². The molecule has 0 unspecified atom stereocenters. The zero-order chi connectivity index (χ0) is 28.7. The highest BCUT2D eigenvalue weighted by molar-refractivity contribution is 5.94. The van der Waals surface area contributed by atoms with Crippen LogP contribution in [-0.2, 0) is 6.18 Å². The molecule has 0 bridgehead atoms. The number of hydrogen-bond donors (Lipinski definition) is 1. The predicted molar refractivity (Wildman–Crippen MR) is 146 cm³/mol. The van der Waals surface area contributed by atoms with Gasteiger partial charge in [-0.25, -0.2) is 9.78 Å². The number of benzene rings is 1. The largest absolute Gasteiger partial charge is 0.496 e. The van der Waals surface area contributed by atoms with Crippen LogP contribution in [0.25, 0.3) is 28.2 Å². The Kier molecular flexibility index (Phi) is 6.88. The predicted octanol–water partition coefficient (Wildman–Crippen LogP) is 6.82. The van der Waals surface area contributed by atoms with Crippen molar-refractivity contribution >= 4 is 28.6 Å². The summed E-state index contributed by atoms with van der Waals surface area (Å²) < 4.78 is 52.2. The number of carboxylic acids is 1. The number of anilines is 1. The van der Waals surface area contributed by atoms with Crippen molar-refractivity contribution in [1.82, 2.24) is 15.1 Å². The summed E-state index contributed by atoms with van der Waals surface area (Å²) in [6.07, 6.45) is 5.28. The molecular formula is C30H27F3N4O4. The molecule has 0 spiro atoms. The van der Waals surface area contributed by atoms with E-state index in [0.717, 1.165) is 62.1 Å². The van der Waals surface area contributed by atoms with Crippen molar-refractivity contribution in [2.45, 2.75) is 37.8 Å². The molecule has 0 amide bonds. The minimum absolute atomic E-state index is 0.0753. The zero-order valence-electron chi connectivity index (χ0n) is 22.2. The first-order chi connectivity index (χ1) is 19.7. The van der Waals surface area contributed by atoms with Gasteiger partial charge in [-0.3, -0.25) is 4.98 Å². The second-order valence-corrected chi connectivity index (χ2v) is 10.4. The van der Waals surface area contributed by atoms with Crippen LogP contribution in [0.15, 0.2) is 53.3 Å². The summed E-state index contributed by atoms with van der Waals surface area (Å²) >= 11 is 0. The van der Waals surface area contributed by atoms with Gasteiger partial charge < -0.3 is 19.3 Å². The van der Waals surface area contributed by atoms with Crippen LogP contribution in [0, 0.1) is 5.92 Å². The summed E-state index contributed by atoms with van der Waals surface area (Å²) in [5, 5.41) is 14.1. The number of aromatic carboxylic acids is 1. The number of fused-ring (bicyclic) bond motifs is 1. The smallest absolute Gasteiger partial charge is 0.417 e. The molecule has 2 fully saturated rings. The molecule has 1 aromatic carbocycles. The molecule has 1 aliphatic carbocycles. The van der Waals surface area contributed by atoms with E-state index in [1.54, 1.807) is 6.07 Å². The van der Waals surface area contributed by atoms with Crippen LogP contribution in [-0.4, -0.2) is 46.4 Å². The number of pyridine rings is 2. The molecular weight excluding hydrogens is 537 g/mol. The van der Waals surface area contributed by atoms with E-state index >= 15 is 0 Å². The fourth-order valence-electron chi connectivity index (χ4n) is 5.38. The number of piperidine rings is 1. The first-order valence-electron chi connectivity index (χ1n) is 13.4. The number of rotatable bonds is 7. The van der Waals surface area contributed by atoms with Gasteiger partial charge in [0.25, 0.3) is 0 Å². The van der Waals surface area contributed by atoms with E-state index in [-0.39, 0.29) is 28.8 Å². The summed E-state index contributed by atoms with van der Waals surface area (Å²) in [6.45, 7) is 1.55. The maximum absolute atomic E-state index is 13.7. The third kappa shape index (κ3) is 5.36. The molecule has 1 saturated heterocycles. The highest BCUT2D eigenvalue weighted by Crippen LogP contribution is 2.46. The topological polar surface area (TPSA) is 102 Å². The molecule has 4 aromatic rings. The second-order valence-electron chi connectivity index (χ2n) is 10.4. The molecule has 2 aliphatic rings. The van der Waals surface area contributed by atoms with Crippen molar-refractivity contribution in [3.05, 3.63) is 71.4 Å². The summed E-state index contributed by atoms with van der Waals surface area (Å²) in [5.41, 5.74) is 1.36. The summed E-state index contributed by atoms with van der Waals surface area (Å²) in [4.78, 5) is 21.8. The summed E-state index contributed by atoms with van der Waals surface area (Å²) in [6, 6.07) is 8.07. The monoisotopic (exact) mass is 564 g/mol. The average Bonchev–Trinajstić information content (AvgIpc) is 3.73. The fraction of sp³-hybridized carbons (Fsp3) is 0.333. The van der Waals surface area contributed by atoms with E-state index in [2.05, 4.69) is 26.1 Å². The van der Waals surface area contributed by atoms with E-state index in [1.807, 2.05) is 18.2 Å². The molecule has 4 heterocycles. The van der Waals surface area contributed by atoms with Gasteiger partial charge in [-0.05, 0) is 55.9 Å². The number of carbonyl (C=O) groups is 1. The maximum atomic E-state index is 13.7. The lowest BCUT2D eigenvalue weighted by Gasteiger charge is -2.32. The minimum Gasteiger partial charge on any atom is -0.496 e. The van der Waals surface area contributed by atoms with Crippen LogP contribution in [0.4, 0.5) is 18.9 Å². The van der Waals surface area contributed by atoms with Crippen molar-refractivity contribution in [3.8, 4) is 17.0 Å². The number of ether oxygens (including phenoxy) is 1. The fourth-order valence-corrected chi connectivity index (χ4v) is 5.38. The lowest BCUT2D eigenvalue weighted by atomic mass is 9.94. The Morgan fingerprint density at radius 3 is 2.61 bits per heavy atom. The Morgan fingerprint density at radius 1 is 1.15 bits per heavy atom. The van der Waals surface area contributed by atoms with Gasteiger partial charge in [0.15, 0.2) is 5.69 Å². The molecule has 0 atom stereocenters. The van der Waals surface area contributed by atoms with E-state index in [9.17, 15) is 23.1 Å². The lowest BCUT2D eigenvalue weighted by molar-refractivity contribution is -0.137. The van der Waals surface area contributed by atoms with Crippen LogP contribution in [0.5, 0.6) is 5.75 Å². The summed E-state index contributed by atoms with van der Waals surface area (Å²) in [5.74, 6) is 0.371. The van der Waals surface area contributed by atoms with E-state index in [1.165, 1.54) is 19.4 Å². The number of aromatic nitrogens is 3. The van der Waals surface area contributed by atoms with Crippen molar-refractivity contribution < 1.29 is 32.3 Å². The Bertz CT molecular complexity index is 1640. The molecule has 8 nitrogen and oxygen atoms in total. The zero-order valence-corrected chi connectivity index (χ0v) is 22.2. The van der Waals surface area contributed by atoms with Crippen LogP contribution in [0.3, 0.4) is 0 Å². The van der Waals surface area contributed by atoms with Crippen LogP contribution in [0.2, 0.25) is 0 Å². The average molecular weight is 565 g/mol. The van der Waals surface area contributed by atoms with E-state index in [0.29, 0.717) is 22.6 Å². The SMILES string of the molecule is COc1cc(C(=O)O)nc2ccc(N3CCC(/C=C/c4c(-c5cnccc5C(F)(F)F)noc4C4CC4)CC3)cc12. The molecule has 1 aliphatic heterocycles. The molecule has 11 heteroatoms. The highest BCUT2D eigenvalue weighted by Gasteiger charge is 2.37. The molecule has 3 aromatic heterocycles. The maximum Gasteiger partial charge on any atom is 0.417 e. The number of nitrogens with zero attached hydrogens (tertiary/aromatic N) is 4. The third-order valence-corrected chi connectivity index (χ3v) is 7.72. The van der Waals surface area contributed by atoms with Crippen molar-refractivity contribution in [3.63, 3.8) is 0 Å². The molecule has 41 heavy (non-hydrogen) atoms. The van der Waals surface area contributed by atoms with Crippen molar-refractivity contribution in [2.75, 3.05) is 25.1 Å². The number of halogens is 3. The first kappa shape index (κ1) is 26.8. The van der Waals surface area contributed by atoms with Gasteiger partial charge in [-0.2, -0.15) is 13.2 Å². The number of hydrogen-bond acceptors (Lipinski definition) is 7. The minimum atomic E-state index is -4.54. The van der Waals surface area contributed by atoms with Gasteiger partial charge >= 0.3 is 12.1 Å². The van der Waals surface area contributed by atoms with Crippen LogP contribution >= 0.6 is 0 Å². The normalized spacial score (nSPS) is 16.5. The van der Waals surface area contributed by atoms with Gasteiger partial charge in [0.05, 0.1) is 18.2 Å². The van der Waals surface area contributed by atoms with Crippen LogP contribution < -0.4 is 9.64 Å². The number of methoxy groups -OCH3 is 1. The summed E-state index contributed by atoms with van der Waals surface area (Å²) in [7, 11) is 1.50. The second kappa shape index (κ2) is 10.5.